The van der Waals surface area contributed by atoms with Crippen molar-refractivity contribution in [2.75, 3.05) is 31.5 Å². The van der Waals surface area contributed by atoms with Gasteiger partial charge in [0.05, 0.1) is 5.92 Å². The quantitative estimate of drug-likeness (QED) is 0.831. The van der Waals surface area contributed by atoms with Gasteiger partial charge in [-0.1, -0.05) is 0 Å². The molecule has 2 saturated heterocycles. The SMILES string of the molecule is Cn1nc(C2CCNCC2)nc1NC(=O)C1CCCN(C(=O)C2CC2)C1. The first kappa shape index (κ1) is 17.5. The Bertz CT molecular complexity index is 677. The first-order valence-corrected chi connectivity index (χ1v) is 9.83. The van der Waals surface area contributed by atoms with Gasteiger partial charge in [0.25, 0.3) is 0 Å². The number of nitrogens with zero attached hydrogens (tertiary/aromatic N) is 4. The van der Waals surface area contributed by atoms with Crippen LogP contribution in [-0.2, 0) is 16.6 Å². The van der Waals surface area contributed by atoms with E-state index in [1.54, 1.807) is 4.68 Å². The zero-order valence-corrected chi connectivity index (χ0v) is 15.4. The fourth-order valence-corrected chi connectivity index (χ4v) is 3.96. The van der Waals surface area contributed by atoms with E-state index in [-0.39, 0.29) is 23.7 Å². The highest BCUT2D eigenvalue weighted by Crippen LogP contribution is 2.32. The van der Waals surface area contributed by atoms with Crippen LogP contribution in [0.5, 0.6) is 0 Å². The lowest BCUT2D eigenvalue weighted by molar-refractivity contribution is -0.135. The number of piperidine rings is 2. The molecular weight excluding hydrogens is 332 g/mol. The van der Waals surface area contributed by atoms with Crippen LogP contribution in [-0.4, -0.2) is 57.7 Å². The van der Waals surface area contributed by atoms with Gasteiger partial charge in [-0.3, -0.25) is 14.9 Å². The molecule has 3 heterocycles. The van der Waals surface area contributed by atoms with Crippen LogP contribution in [0.3, 0.4) is 0 Å². The van der Waals surface area contributed by atoms with Gasteiger partial charge in [-0.2, -0.15) is 10.1 Å². The van der Waals surface area contributed by atoms with E-state index in [9.17, 15) is 9.59 Å². The Morgan fingerprint density at radius 2 is 1.88 bits per heavy atom. The van der Waals surface area contributed by atoms with Crippen molar-refractivity contribution in [3.05, 3.63) is 5.82 Å². The lowest BCUT2D eigenvalue weighted by Crippen LogP contribution is -2.44. The van der Waals surface area contributed by atoms with Gasteiger partial charge in [0.2, 0.25) is 17.8 Å². The lowest BCUT2D eigenvalue weighted by Gasteiger charge is -2.32. The highest BCUT2D eigenvalue weighted by Gasteiger charge is 2.37. The van der Waals surface area contributed by atoms with E-state index in [0.29, 0.717) is 18.4 Å². The van der Waals surface area contributed by atoms with Crippen molar-refractivity contribution >= 4 is 17.8 Å². The molecule has 142 valence electrons. The second kappa shape index (κ2) is 7.34. The third kappa shape index (κ3) is 3.75. The van der Waals surface area contributed by atoms with Crippen LogP contribution in [0.15, 0.2) is 0 Å². The van der Waals surface area contributed by atoms with Gasteiger partial charge in [-0.15, -0.1) is 0 Å². The van der Waals surface area contributed by atoms with Gasteiger partial charge >= 0.3 is 0 Å². The molecule has 26 heavy (non-hydrogen) atoms. The molecule has 1 unspecified atom stereocenters. The molecular formula is C18H28N6O2. The van der Waals surface area contributed by atoms with Crippen LogP contribution >= 0.6 is 0 Å². The van der Waals surface area contributed by atoms with Crippen molar-refractivity contribution < 1.29 is 9.59 Å². The Morgan fingerprint density at radius 1 is 1.12 bits per heavy atom. The molecule has 3 aliphatic rings. The van der Waals surface area contributed by atoms with Crippen LogP contribution < -0.4 is 10.6 Å². The van der Waals surface area contributed by atoms with Gasteiger partial charge in [0.15, 0.2) is 5.82 Å². The minimum atomic E-state index is -0.162. The Morgan fingerprint density at radius 3 is 2.62 bits per heavy atom. The van der Waals surface area contributed by atoms with Gasteiger partial charge in [0.1, 0.15) is 0 Å². The van der Waals surface area contributed by atoms with Crippen LogP contribution in [0.4, 0.5) is 5.95 Å². The summed E-state index contributed by atoms with van der Waals surface area (Å²) >= 11 is 0. The van der Waals surface area contributed by atoms with Crippen molar-refractivity contribution in [2.24, 2.45) is 18.9 Å². The summed E-state index contributed by atoms with van der Waals surface area (Å²) in [5, 5.41) is 10.8. The topological polar surface area (TPSA) is 92.2 Å². The monoisotopic (exact) mass is 360 g/mol. The molecule has 3 fully saturated rings. The third-order valence-electron chi connectivity index (χ3n) is 5.75. The maximum atomic E-state index is 12.7. The number of carbonyl (C=O) groups is 2. The molecule has 8 heteroatoms. The largest absolute Gasteiger partial charge is 0.342 e. The van der Waals surface area contributed by atoms with E-state index >= 15 is 0 Å². The van der Waals surface area contributed by atoms with Gasteiger partial charge in [-0.05, 0) is 51.6 Å². The number of likely N-dealkylation sites (tertiary alicyclic amines) is 1. The first-order valence-electron chi connectivity index (χ1n) is 9.83. The number of nitrogens with one attached hydrogen (secondary N) is 2. The molecule has 1 atom stereocenters. The average Bonchev–Trinajstić information content (AvgIpc) is 3.46. The van der Waals surface area contributed by atoms with Crippen LogP contribution in [0.2, 0.25) is 0 Å². The van der Waals surface area contributed by atoms with Crippen molar-refractivity contribution in [2.45, 2.75) is 44.4 Å². The second-order valence-corrected chi connectivity index (χ2v) is 7.83. The highest BCUT2D eigenvalue weighted by molar-refractivity contribution is 5.92. The molecule has 4 rings (SSSR count). The van der Waals surface area contributed by atoms with Crippen molar-refractivity contribution in [3.8, 4) is 0 Å². The average molecular weight is 360 g/mol. The van der Waals surface area contributed by atoms with E-state index in [1.165, 1.54) is 0 Å². The van der Waals surface area contributed by atoms with Crippen LogP contribution in [0.1, 0.15) is 50.3 Å². The van der Waals surface area contributed by atoms with E-state index in [0.717, 1.165) is 64.0 Å². The molecule has 0 radical (unpaired) electrons. The van der Waals surface area contributed by atoms with Crippen molar-refractivity contribution in [1.29, 1.82) is 0 Å². The predicted octanol–water partition coefficient (Wildman–Crippen LogP) is 0.869. The summed E-state index contributed by atoms with van der Waals surface area (Å²) in [5.74, 6) is 1.91. The molecule has 1 saturated carbocycles. The minimum absolute atomic E-state index is 0.0503. The van der Waals surface area contributed by atoms with Gasteiger partial charge < -0.3 is 10.2 Å². The maximum absolute atomic E-state index is 12.7. The normalized spacial score (nSPS) is 24.5. The number of amides is 2. The van der Waals surface area contributed by atoms with E-state index in [2.05, 4.69) is 20.7 Å². The van der Waals surface area contributed by atoms with Crippen molar-refractivity contribution in [1.82, 2.24) is 25.0 Å². The first-order chi connectivity index (χ1) is 12.6. The number of hydrogen-bond acceptors (Lipinski definition) is 5. The second-order valence-electron chi connectivity index (χ2n) is 7.83. The zero-order valence-electron chi connectivity index (χ0n) is 15.4. The van der Waals surface area contributed by atoms with E-state index < -0.39 is 0 Å². The molecule has 0 spiro atoms. The number of carbonyl (C=O) groups excluding carboxylic acids is 2. The minimum Gasteiger partial charge on any atom is -0.342 e. The number of aryl methyl sites for hydroxylation is 1. The Kier molecular flexibility index (Phi) is 4.93. The number of anilines is 1. The van der Waals surface area contributed by atoms with Crippen LogP contribution in [0, 0.1) is 11.8 Å². The fraction of sp³-hybridized carbons (Fsp3) is 0.778. The van der Waals surface area contributed by atoms with Crippen LogP contribution in [0.25, 0.3) is 0 Å². The molecule has 2 amide bonds. The lowest BCUT2D eigenvalue weighted by atomic mass is 9.97. The van der Waals surface area contributed by atoms with E-state index in [4.69, 9.17) is 0 Å². The van der Waals surface area contributed by atoms with Gasteiger partial charge in [0, 0.05) is 32.0 Å². The van der Waals surface area contributed by atoms with Gasteiger partial charge in [-0.25, -0.2) is 4.68 Å². The maximum Gasteiger partial charge on any atom is 0.231 e. The summed E-state index contributed by atoms with van der Waals surface area (Å²) in [7, 11) is 1.82. The molecule has 1 aromatic rings. The molecule has 0 aromatic carbocycles. The number of aromatic nitrogens is 3. The summed E-state index contributed by atoms with van der Waals surface area (Å²) in [6, 6.07) is 0. The summed E-state index contributed by atoms with van der Waals surface area (Å²) < 4.78 is 1.66. The van der Waals surface area contributed by atoms with Crippen molar-refractivity contribution in [3.63, 3.8) is 0 Å². The summed E-state index contributed by atoms with van der Waals surface area (Å²) in [5.41, 5.74) is 0. The Hall–Kier alpha value is -1.96. The number of rotatable bonds is 4. The summed E-state index contributed by atoms with van der Waals surface area (Å²) in [6.07, 6.45) is 5.76. The smallest absolute Gasteiger partial charge is 0.231 e. The Balaban J connectivity index is 1.38. The summed E-state index contributed by atoms with van der Waals surface area (Å²) in [6.45, 7) is 3.28. The number of hydrogen-bond donors (Lipinski definition) is 2. The third-order valence-corrected chi connectivity index (χ3v) is 5.75. The molecule has 2 N–H and O–H groups in total. The highest BCUT2D eigenvalue weighted by atomic mass is 16.2. The Labute approximate surface area is 153 Å². The molecule has 8 nitrogen and oxygen atoms in total. The predicted molar refractivity (Wildman–Crippen MR) is 96.5 cm³/mol. The summed E-state index contributed by atoms with van der Waals surface area (Å²) in [4.78, 5) is 31.5. The molecule has 1 aliphatic carbocycles. The molecule has 1 aromatic heterocycles. The molecule has 0 bridgehead atoms. The zero-order chi connectivity index (χ0) is 18.1. The fourth-order valence-electron chi connectivity index (χ4n) is 3.96. The van der Waals surface area contributed by atoms with E-state index in [1.807, 2.05) is 11.9 Å². The molecule has 2 aliphatic heterocycles. The standard InChI is InChI=1S/C18H28N6O2/c1-23-18(20-15(22-23)12-6-8-19-9-7-12)21-16(25)14-3-2-10-24(11-14)17(26)13-4-5-13/h12-14,19H,2-11H2,1H3,(H,20,21,22,25).